The average Bonchev–Trinajstić information content (AvgIpc) is 3.63. The number of nitrogens with two attached hydrogens (primary N) is 4. The monoisotopic (exact) mass is 876 g/mol. The van der Waals surface area contributed by atoms with Crippen molar-refractivity contribution in [1.29, 1.82) is 0 Å². The van der Waals surface area contributed by atoms with Crippen LogP contribution in [0.1, 0.15) is 76.6 Å². The molecule has 4 aromatic rings. The van der Waals surface area contributed by atoms with Gasteiger partial charge in [0.05, 0.1) is 12.4 Å². The van der Waals surface area contributed by atoms with E-state index in [1.54, 1.807) is 12.4 Å². The van der Waals surface area contributed by atoms with Gasteiger partial charge in [-0.1, -0.05) is 37.4 Å². The Morgan fingerprint density at radius 3 is 1.28 bits per heavy atom. The fourth-order valence-corrected chi connectivity index (χ4v) is 11.3. The number of hydrogen-bond acceptors (Lipinski definition) is 14. The lowest BCUT2D eigenvalue weighted by atomic mass is 9.74. The van der Waals surface area contributed by atoms with Crippen LogP contribution in [0, 0.1) is 22.7 Å². The third-order valence-electron chi connectivity index (χ3n) is 12.6. The third kappa shape index (κ3) is 9.50. The number of halogens is 6. The Bertz CT molecular complexity index is 1980. The number of rotatable bonds is 6. The molecule has 0 unspecified atom stereocenters. The summed E-state index contributed by atoms with van der Waals surface area (Å²) in [6.07, 6.45) is 4.79. The summed E-state index contributed by atoms with van der Waals surface area (Å²) in [7, 11) is 0. The van der Waals surface area contributed by atoms with Crippen LogP contribution in [0.15, 0.2) is 68.9 Å². The Morgan fingerprint density at radius 1 is 0.617 bits per heavy atom. The standard InChI is InChI=1S/2C20H25F3N6S/c2*1-12-9-14(24)19(10-12)4-7-29(8-5-19)15-11-27-18(17(25)28-15)30-13-3-2-6-26-16(13)20(21,22)23/h2*2-3,6,11-12,14H,4-5,7-10,24H2,1H3,(H2,25,28)/t12-,14+;12-,14-/m10/s1. The molecule has 60 heavy (non-hydrogen) atoms. The molecule has 2 spiro atoms. The molecule has 12 nitrogen and oxygen atoms in total. The normalized spacial score (nSPS) is 23.8. The van der Waals surface area contributed by atoms with Gasteiger partial charge in [-0.2, -0.15) is 26.3 Å². The summed E-state index contributed by atoms with van der Waals surface area (Å²) in [5.41, 5.74) is 23.5. The van der Waals surface area contributed by atoms with Gasteiger partial charge in [-0.3, -0.25) is 9.97 Å². The number of anilines is 4. The third-order valence-corrected chi connectivity index (χ3v) is 14.7. The van der Waals surface area contributed by atoms with Crippen LogP contribution >= 0.6 is 23.5 Å². The molecule has 0 bridgehead atoms. The zero-order valence-corrected chi connectivity index (χ0v) is 35.0. The van der Waals surface area contributed by atoms with Crippen LogP contribution in [-0.2, 0) is 12.4 Å². The summed E-state index contributed by atoms with van der Waals surface area (Å²) >= 11 is 1.65. The number of aromatic nitrogens is 6. The molecule has 20 heteroatoms. The van der Waals surface area contributed by atoms with Gasteiger partial charge < -0.3 is 32.7 Å². The first-order chi connectivity index (χ1) is 28.4. The second kappa shape index (κ2) is 17.3. The van der Waals surface area contributed by atoms with Crippen LogP contribution in [0.25, 0.3) is 0 Å². The van der Waals surface area contributed by atoms with Crippen molar-refractivity contribution < 1.29 is 26.3 Å². The highest BCUT2D eigenvalue weighted by Gasteiger charge is 2.47. The molecular formula is C40H50F6N12S2. The minimum atomic E-state index is -4.55. The highest BCUT2D eigenvalue weighted by atomic mass is 32.2. The molecule has 8 rings (SSSR count). The number of nitrogen functional groups attached to an aromatic ring is 2. The fraction of sp³-hybridized carbons (Fsp3) is 0.550. The van der Waals surface area contributed by atoms with Crippen LogP contribution in [0.3, 0.4) is 0 Å². The minimum absolute atomic E-state index is 0.0528. The van der Waals surface area contributed by atoms with Gasteiger partial charge in [0.2, 0.25) is 0 Å². The summed E-state index contributed by atoms with van der Waals surface area (Å²) < 4.78 is 79.1. The SMILES string of the molecule is C[C@@H]1C[C@H](N)C2(CCN(c3cnc(Sc4cccnc4C(F)(F)F)c(N)n3)CC2)C1.C[C@H]1C[C@H](N)C2(CCN(c3cnc(Sc4cccnc4C(F)(F)F)c(N)n3)CC2)C1. The highest BCUT2D eigenvalue weighted by Crippen LogP contribution is 2.50. The molecule has 0 amide bonds. The molecule has 4 atom stereocenters. The molecule has 8 N–H and O–H groups in total. The predicted molar refractivity (Wildman–Crippen MR) is 220 cm³/mol. The quantitative estimate of drug-likeness (QED) is 0.137. The molecular weight excluding hydrogens is 827 g/mol. The van der Waals surface area contributed by atoms with E-state index in [1.165, 1.54) is 24.3 Å². The van der Waals surface area contributed by atoms with Crippen LogP contribution in [0.2, 0.25) is 0 Å². The first-order valence-corrected chi connectivity index (χ1v) is 21.7. The van der Waals surface area contributed by atoms with Crippen molar-refractivity contribution in [2.75, 3.05) is 47.4 Å². The highest BCUT2D eigenvalue weighted by molar-refractivity contribution is 7.99. The van der Waals surface area contributed by atoms with Crippen molar-refractivity contribution >= 4 is 46.8 Å². The molecule has 2 saturated carbocycles. The van der Waals surface area contributed by atoms with E-state index < -0.39 is 23.7 Å². The Morgan fingerprint density at radius 2 is 0.983 bits per heavy atom. The molecule has 0 aromatic carbocycles. The Kier molecular flexibility index (Phi) is 12.7. The van der Waals surface area contributed by atoms with E-state index in [0.29, 0.717) is 23.5 Å². The maximum absolute atomic E-state index is 13.2. The van der Waals surface area contributed by atoms with E-state index in [2.05, 4.69) is 53.6 Å². The molecule has 4 aliphatic rings. The second-order valence-corrected chi connectivity index (χ2v) is 18.8. The molecule has 4 aromatic heterocycles. The van der Waals surface area contributed by atoms with E-state index in [4.69, 9.17) is 22.9 Å². The summed E-state index contributed by atoms with van der Waals surface area (Å²) in [6, 6.07) is 6.09. The van der Waals surface area contributed by atoms with Crippen molar-refractivity contribution in [3.63, 3.8) is 0 Å². The zero-order chi connectivity index (χ0) is 43.0. The maximum Gasteiger partial charge on any atom is 0.434 e. The molecule has 2 aliphatic carbocycles. The second-order valence-electron chi connectivity index (χ2n) is 16.7. The first kappa shape index (κ1) is 43.9. The lowest BCUT2D eigenvalue weighted by molar-refractivity contribution is -0.144. The first-order valence-electron chi connectivity index (χ1n) is 20.0. The van der Waals surface area contributed by atoms with Gasteiger partial charge in [0, 0.05) is 60.4 Å². The van der Waals surface area contributed by atoms with Crippen LogP contribution in [-0.4, -0.2) is 68.2 Å². The van der Waals surface area contributed by atoms with Crippen molar-refractivity contribution in [3.8, 4) is 0 Å². The number of alkyl halides is 6. The topological polar surface area (TPSA) is 188 Å². The largest absolute Gasteiger partial charge is 0.434 e. The Hall–Kier alpha value is -4.14. The summed E-state index contributed by atoms with van der Waals surface area (Å²) in [6.45, 7) is 7.80. The van der Waals surface area contributed by atoms with Gasteiger partial charge in [-0.05, 0) is 98.3 Å². The maximum atomic E-state index is 13.2. The predicted octanol–water partition coefficient (Wildman–Crippen LogP) is 7.94. The van der Waals surface area contributed by atoms with Gasteiger partial charge >= 0.3 is 12.4 Å². The smallest absolute Gasteiger partial charge is 0.381 e. The van der Waals surface area contributed by atoms with Gasteiger partial charge in [0.25, 0.3) is 0 Å². The number of nitrogens with zero attached hydrogens (tertiary/aromatic N) is 8. The molecule has 0 radical (unpaired) electrons. The summed E-state index contributed by atoms with van der Waals surface area (Å²) in [5, 5.41) is 0.467. The number of piperidine rings is 2. The Balaban J connectivity index is 0.000000181. The molecule has 6 heterocycles. The average molecular weight is 877 g/mol. The van der Waals surface area contributed by atoms with Gasteiger partial charge in [-0.15, -0.1) is 0 Å². The van der Waals surface area contributed by atoms with Gasteiger partial charge in [0.1, 0.15) is 21.7 Å². The van der Waals surface area contributed by atoms with Crippen LogP contribution < -0.4 is 32.7 Å². The van der Waals surface area contributed by atoms with Crippen molar-refractivity contribution in [2.24, 2.45) is 34.1 Å². The van der Waals surface area contributed by atoms with E-state index in [9.17, 15) is 26.3 Å². The Labute approximate surface area is 353 Å². The molecule has 2 aliphatic heterocycles. The van der Waals surface area contributed by atoms with Crippen LogP contribution in [0.4, 0.5) is 49.6 Å². The lowest BCUT2D eigenvalue weighted by Crippen LogP contribution is -2.47. The summed E-state index contributed by atoms with van der Waals surface area (Å²) in [5.74, 6) is 2.84. The number of pyridine rings is 2. The molecule has 324 valence electrons. The zero-order valence-electron chi connectivity index (χ0n) is 33.4. The summed E-state index contributed by atoms with van der Waals surface area (Å²) in [4.78, 5) is 28.5. The van der Waals surface area contributed by atoms with Gasteiger partial charge in [-0.25, -0.2) is 19.9 Å². The van der Waals surface area contributed by atoms with Gasteiger partial charge in [0.15, 0.2) is 23.0 Å². The van der Waals surface area contributed by atoms with E-state index in [0.717, 1.165) is 113 Å². The molecule has 4 fully saturated rings. The van der Waals surface area contributed by atoms with Crippen LogP contribution in [0.5, 0.6) is 0 Å². The molecule has 2 saturated heterocycles. The van der Waals surface area contributed by atoms with Crippen molar-refractivity contribution in [1.82, 2.24) is 29.9 Å². The van der Waals surface area contributed by atoms with E-state index in [-0.39, 0.29) is 54.4 Å². The van der Waals surface area contributed by atoms with E-state index in [1.807, 2.05) is 0 Å². The van der Waals surface area contributed by atoms with Crippen molar-refractivity contribution in [2.45, 2.75) is 109 Å². The van der Waals surface area contributed by atoms with Crippen molar-refractivity contribution in [3.05, 3.63) is 60.4 Å². The number of hydrogen-bond donors (Lipinski definition) is 4. The fourth-order valence-electron chi connectivity index (χ4n) is 9.54. The van der Waals surface area contributed by atoms with E-state index >= 15 is 0 Å². The minimum Gasteiger partial charge on any atom is -0.381 e. The lowest BCUT2D eigenvalue weighted by Gasteiger charge is -2.42.